The van der Waals surface area contributed by atoms with E-state index in [1.54, 1.807) is 0 Å². The molecule has 0 unspecified atom stereocenters. The van der Waals surface area contributed by atoms with Crippen LogP contribution in [0.25, 0.3) is 110 Å². The summed E-state index contributed by atoms with van der Waals surface area (Å²) in [6, 6.07) is 68.4. The SMILES string of the molecule is Bc1cc2c(cc1-c1c(B)cc3c(c1B)c1ccc(-c4ccccc4)cc1n3-c1cccc(-c3ccccc3)c1)c1ccccc1n2-c1ccc2oc3ccccc3c2c1. The first kappa shape index (κ1) is 34.6. The fourth-order valence-electron chi connectivity index (χ4n) is 10.0. The molecule has 3 heterocycles. The van der Waals surface area contributed by atoms with Gasteiger partial charge in [0.2, 0.25) is 0 Å². The van der Waals surface area contributed by atoms with Crippen molar-refractivity contribution in [3.63, 3.8) is 0 Å². The highest BCUT2D eigenvalue weighted by Crippen LogP contribution is 2.39. The summed E-state index contributed by atoms with van der Waals surface area (Å²) in [4.78, 5) is 0. The Balaban J connectivity index is 1.09. The predicted molar refractivity (Wildman–Crippen MR) is 263 cm³/mol. The van der Waals surface area contributed by atoms with Crippen LogP contribution in [0.2, 0.25) is 0 Å². The minimum atomic E-state index is 0.905. The Morgan fingerprint density at radius 2 is 0.967 bits per heavy atom. The lowest BCUT2D eigenvalue weighted by Gasteiger charge is -2.17. The number of aromatic nitrogens is 2. The first-order valence-corrected chi connectivity index (χ1v) is 20.8. The van der Waals surface area contributed by atoms with E-state index in [1.807, 2.05) is 12.1 Å². The Kier molecular flexibility index (Phi) is 7.67. The summed E-state index contributed by atoms with van der Waals surface area (Å²) in [5.41, 5.74) is 20.1. The van der Waals surface area contributed by atoms with E-state index in [0.29, 0.717) is 0 Å². The Morgan fingerprint density at radius 1 is 0.350 bits per heavy atom. The quantitative estimate of drug-likeness (QED) is 0.160. The molecular formula is C54H37B3N2O. The van der Waals surface area contributed by atoms with Gasteiger partial charge in [0, 0.05) is 43.7 Å². The molecule has 0 fully saturated rings. The van der Waals surface area contributed by atoms with Crippen molar-refractivity contribution in [2.45, 2.75) is 0 Å². The van der Waals surface area contributed by atoms with Crippen LogP contribution in [0.15, 0.2) is 192 Å². The lowest BCUT2D eigenvalue weighted by Crippen LogP contribution is -2.24. The maximum atomic E-state index is 6.23. The van der Waals surface area contributed by atoms with Crippen LogP contribution in [0.4, 0.5) is 0 Å². The van der Waals surface area contributed by atoms with Crippen LogP contribution in [-0.4, -0.2) is 32.7 Å². The van der Waals surface area contributed by atoms with Crippen molar-refractivity contribution in [3.8, 4) is 44.8 Å². The Bertz CT molecular complexity index is 3690. The van der Waals surface area contributed by atoms with E-state index in [2.05, 4.69) is 209 Å². The van der Waals surface area contributed by atoms with Crippen LogP contribution >= 0.6 is 0 Å². The minimum absolute atomic E-state index is 0.905. The largest absolute Gasteiger partial charge is 0.456 e. The zero-order valence-corrected chi connectivity index (χ0v) is 33.7. The smallest absolute Gasteiger partial charge is 0.141 e. The summed E-state index contributed by atoms with van der Waals surface area (Å²) >= 11 is 0. The highest BCUT2D eigenvalue weighted by Gasteiger charge is 2.22. The average Bonchev–Trinajstić information content (AvgIpc) is 3.93. The number of furan rings is 1. The molecule has 6 heteroatoms. The van der Waals surface area contributed by atoms with Crippen molar-refractivity contribution >= 4 is 105 Å². The fourth-order valence-corrected chi connectivity index (χ4v) is 10.0. The van der Waals surface area contributed by atoms with Gasteiger partial charge in [-0.3, -0.25) is 0 Å². The van der Waals surface area contributed by atoms with Crippen LogP contribution < -0.4 is 16.4 Å². The molecule has 3 nitrogen and oxygen atoms in total. The Labute approximate surface area is 350 Å². The third-order valence-electron chi connectivity index (χ3n) is 12.7. The van der Waals surface area contributed by atoms with Gasteiger partial charge in [0.1, 0.15) is 34.7 Å². The summed E-state index contributed by atoms with van der Waals surface area (Å²) in [5.74, 6) is 0. The Morgan fingerprint density at radius 3 is 1.77 bits per heavy atom. The van der Waals surface area contributed by atoms with Gasteiger partial charge < -0.3 is 13.6 Å². The van der Waals surface area contributed by atoms with E-state index in [4.69, 9.17) is 4.42 Å². The third kappa shape index (κ3) is 5.20. The number of fused-ring (bicyclic) bond motifs is 9. The van der Waals surface area contributed by atoms with Crippen LogP contribution in [0.3, 0.4) is 0 Å². The van der Waals surface area contributed by atoms with Gasteiger partial charge in [0.05, 0.1) is 22.1 Å². The van der Waals surface area contributed by atoms with E-state index < -0.39 is 0 Å². The van der Waals surface area contributed by atoms with Crippen LogP contribution in [0.1, 0.15) is 0 Å². The molecule has 60 heavy (non-hydrogen) atoms. The zero-order chi connectivity index (χ0) is 40.1. The topological polar surface area (TPSA) is 23.0 Å². The van der Waals surface area contributed by atoms with E-state index in [0.717, 1.165) is 33.3 Å². The minimum Gasteiger partial charge on any atom is -0.456 e. The van der Waals surface area contributed by atoms with Gasteiger partial charge in [-0.2, -0.15) is 0 Å². The maximum Gasteiger partial charge on any atom is 0.141 e. The zero-order valence-electron chi connectivity index (χ0n) is 33.7. The first-order valence-electron chi connectivity index (χ1n) is 20.8. The Hall–Kier alpha value is -7.43. The summed E-state index contributed by atoms with van der Waals surface area (Å²) in [5, 5.41) is 7.30. The molecule has 0 aliphatic heterocycles. The van der Waals surface area contributed by atoms with Crippen molar-refractivity contribution < 1.29 is 4.42 Å². The molecular weight excluding hydrogens is 725 g/mol. The van der Waals surface area contributed by atoms with Crippen molar-refractivity contribution in [1.29, 1.82) is 0 Å². The number of hydrogen-bond acceptors (Lipinski definition) is 1. The molecule has 12 rings (SSSR count). The molecule has 0 saturated heterocycles. The molecule has 0 spiro atoms. The second kappa shape index (κ2) is 13.3. The summed E-state index contributed by atoms with van der Waals surface area (Å²) < 4.78 is 11.1. The van der Waals surface area contributed by atoms with Gasteiger partial charge in [0.15, 0.2) is 0 Å². The fraction of sp³-hybridized carbons (Fsp3) is 0. The van der Waals surface area contributed by atoms with Gasteiger partial charge in [-0.05, 0) is 100 Å². The lowest BCUT2D eigenvalue weighted by atomic mass is 9.72. The van der Waals surface area contributed by atoms with E-state index in [1.165, 1.54) is 93.4 Å². The van der Waals surface area contributed by atoms with Crippen molar-refractivity contribution in [2.24, 2.45) is 0 Å². The molecule has 0 radical (unpaired) electrons. The van der Waals surface area contributed by atoms with E-state index in [-0.39, 0.29) is 0 Å². The number of hydrogen-bond donors (Lipinski definition) is 0. The molecule has 0 amide bonds. The van der Waals surface area contributed by atoms with Crippen molar-refractivity contribution in [2.75, 3.05) is 0 Å². The molecule has 0 atom stereocenters. The maximum absolute atomic E-state index is 6.23. The van der Waals surface area contributed by atoms with Gasteiger partial charge in [-0.15, -0.1) is 0 Å². The molecule has 278 valence electrons. The standard InChI is InChI=1S/C54H37B3N2O/c55-44-30-48-41(38-18-7-9-20-46(38)58(48)37-23-25-51-42(28-37)39-19-8-10-21-50(39)60-51)29-43(44)52-45(56)31-49-53(54(52)57)40-24-22-35(33-14-5-2-6-15-33)27-47(40)59(49)36-17-11-16-34(26-36)32-12-3-1-4-13-32/h1-31H,55-57H2. The number of benzene rings is 9. The van der Waals surface area contributed by atoms with Gasteiger partial charge in [0.25, 0.3) is 0 Å². The van der Waals surface area contributed by atoms with Crippen molar-refractivity contribution in [1.82, 2.24) is 9.13 Å². The summed E-state index contributed by atoms with van der Waals surface area (Å²) in [6.45, 7) is 0. The van der Waals surface area contributed by atoms with Crippen molar-refractivity contribution in [3.05, 3.63) is 188 Å². The average molecular weight is 762 g/mol. The number of nitrogens with zero attached hydrogens (tertiary/aromatic N) is 2. The summed E-state index contributed by atoms with van der Waals surface area (Å²) in [6.07, 6.45) is 0. The number of rotatable bonds is 5. The molecule has 9 aromatic carbocycles. The number of para-hydroxylation sites is 2. The van der Waals surface area contributed by atoms with Crippen LogP contribution in [-0.2, 0) is 0 Å². The highest BCUT2D eigenvalue weighted by atomic mass is 16.3. The molecule has 0 aliphatic carbocycles. The third-order valence-corrected chi connectivity index (χ3v) is 12.7. The normalized spacial score (nSPS) is 11.9. The van der Waals surface area contributed by atoms with Crippen LogP contribution in [0, 0.1) is 0 Å². The second-order valence-corrected chi connectivity index (χ2v) is 16.3. The lowest BCUT2D eigenvalue weighted by molar-refractivity contribution is 0.669. The van der Waals surface area contributed by atoms with Gasteiger partial charge >= 0.3 is 0 Å². The molecule has 3 aromatic heterocycles. The van der Waals surface area contributed by atoms with E-state index in [9.17, 15) is 0 Å². The second-order valence-electron chi connectivity index (χ2n) is 16.3. The first-order chi connectivity index (χ1) is 29.5. The monoisotopic (exact) mass is 762 g/mol. The predicted octanol–water partition coefficient (Wildman–Crippen LogP) is 9.56. The summed E-state index contributed by atoms with van der Waals surface area (Å²) in [7, 11) is 6.89. The van der Waals surface area contributed by atoms with Crippen LogP contribution in [0.5, 0.6) is 0 Å². The molecule has 0 saturated carbocycles. The highest BCUT2D eigenvalue weighted by molar-refractivity contribution is 6.52. The van der Waals surface area contributed by atoms with E-state index >= 15 is 0 Å². The molecule has 0 aliphatic rings. The molecule has 0 N–H and O–H groups in total. The molecule has 0 bridgehead atoms. The molecule has 12 aromatic rings. The van der Waals surface area contributed by atoms with Gasteiger partial charge in [-0.1, -0.05) is 138 Å². The van der Waals surface area contributed by atoms with Gasteiger partial charge in [-0.25, -0.2) is 0 Å².